The summed E-state index contributed by atoms with van der Waals surface area (Å²) in [5.74, 6) is 0. The molecule has 0 radical (unpaired) electrons. The maximum Gasteiger partial charge on any atom is 0.207 e. The Morgan fingerprint density at radius 2 is 2.11 bits per heavy atom. The van der Waals surface area contributed by atoms with Gasteiger partial charge in [0.05, 0.1) is 0 Å². The van der Waals surface area contributed by atoms with Crippen molar-refractivity contribution in [3.8, 4) is 0 Å². The molecule has 2 heteroatoms. The standard InChI is InChI=1S/C7H15NO.H2/c1-7(2,3)4-5-8-6-9;/h6H,4-5H2,1-3H3,(H,8,9);1H. The zero-order valence-electron chi connectivity index (χ0n) is 6.40. The molecule has 0 rings (SSSR count). The highest BCUT2D eigenvalue weighted by Gasteiger charge is 2.07. The number of hydrogen-bond acceptors (Lipinski definition) is 1. The molecule has 56 valence electrons. The fraction of sp³-hybridized carbons (Fsp3) is 0.857. The van der Waals surface area contributed by atoms with Gasteiger partial charge in [-0.05, 0) is 11.8 Å². The minimum absolute atomic E-state index is 0. The maximum atomic E-state index is 9.78. The molecule has 0 saturated carbocycles. The maximum absolute atomic E-state index is 9.78. The summed E-state index contributed by atoms with van der Waals surface area (Å²) in [6.07, 6.45) is 1.78. The van der Waals surface area contributed by atoms with Crippen molar-refractivity contribution in [2.24, 2.45) is 5.41 Å². The summed E-state index contributed by atoms with van der Waals surface area (Å²) in [6.45, 7) is 7.24. The largest absolute Gasteiger partial charge is 0.359 e. The van der Waals surface area contributed by atoms with Crippen molar-refractivity contribution in [1.29, 1.82) is 0 Å². The molecule has 9 heavy (non-hydrogen) atoms. The second kappa shape index (κ2) is 3.49. The van der Waals surface area contributed by atoms with Gasteiger partial charge in [0.1, 0.15) is 0 Å². The van der Waals surface area contributed by atoms with Crippen LogP contribution in [0.25, 0.3) is 0 Å². The van der Waals surface area contributed by atoms with Crippen LogP contribution >= 0.6 is 0 Å². The number of amides is 1. The molecule has 0 aromatic carbocycles. The van der Waals surface area contributed by atoms with Crippen molar-refractivity contribution in [2.75, 3.05) is 6.54 Å². The summed E-state index contributed by atoms with van der Waals surface area (Å²) in [7, 11) is 0. The van der Waals surface area contributed by atoms with Crippen molar-refractivity contribution >= 4 is 6.41 Å². The molecule has 1 amide bonds. The summed E-state index contributed by atoms with van der Waals surface area (Å²) in [5, 5.41) is 2.62. The lowest BCUT2D eigenvalue weighted by molar-refractivity contribution is -0.109. The topological polar surface area (TPSA) is 29.1 Å². The van der Waals surface area contributed by atoms with E-state index < -0.39 is 0 Å². The van der Waals surface area contributed by atoms with Crippen LogP contribution < -0.4 is 5.32 Å². The fourth-order valence-corrected chi connectivity index (χ4v) is 0.506. The zero-order chi connectivity index (χ0) is 7.33. The molecule has 0 aliphatic carbocycles. The van der Waals surface area contributed by atoms with E-state index in [1.54, 1.807) is 0 Å². The van der Waals surface area contributed by atoms with E-state index in [1.165, 1.54) is 0 Å². The predicted molar refractivity (Wildman–Crippen MR) is 40.3 cm³/mol. The van der Waals surface area contributed by atoms with Crippen molar-refractivity contribution in [3.63, 3.8) is 0 Å². The van der Waals surface area contributed by atoms with Crippen LogP contribution in [-0.2, 0) is 4.79 Å². The minimum atomic E-state index is 0. The van der Waals surface area contributed by atoms with Crippen molar-refractivity contribution < 1.29 is 6.22 Å². The first-order chi connectivity index (χ1) is 4.06. The molecule has 0 aliphatic rings. The molecule has 0 fully saturated rings. The zero-order valence-corrected chi connectivity index (χ0v) is 6.40. The third kappa shape index (κ3) is 7.47. The number of hydrogen-bond donors (Lipinski definition) is 1. The van der Waals surface area contributed by atoms with E-state index in [9.17, 15) is 4.79 Å². The van der Waals surface area contributed by atoms with Crippen LogP contribution in [0, 0.1) is 5.41 Å². The van der Waals surface area contributed by atoms with E-state index in [0.29, 0.717) is 5.41 Å². The van der Waals surface area contributed by atoms with E-state index in [1.807, 2.05) is 0 Å². The number of carbonyl (C=O) groups is 1. The van der Waals surface area contributed by atoms with E-state index >= 15 is 0 Å². The minimum Gasteiger partial charge on any atom is -0.359 e. The van der Waals surface area contributed by atoms with Crippen LogP contribution in [0.5, 0.6) is 0 Å². The molecule has 0 aliphatic heterocycles. The Kier molecular flexibility index (Phi) is 3.28. The van der Waals surface area contributed by atoms with Crippen LogP contribution in [-0.4, -0.2) is 13.0 Å². The summed E-state index contributed by atoms with van der Waals surface area (Å²) in [4.78, 5) is 9.78. The Labute approximate surface area is 58.1 Å². The Morgan fingerprint density at radius 3 is 2.44 bits per heavy atom. The van der Waals surface area contributed by atoms with Gasteiger partial charge in [0.15, 0.2) is 0 Å². The van der Waals surface area contributed by atoms with Crippen molar-refractivity contribution in [3.05, 3.63) is 0 Å². The number of nitrogens with one attached hydrogen (secondary N) is 1. The highest BCUT2D eigenvalue weighted by molar-refractivity contribution is 5.45. The lowest BCUT2D eigenvalue weighted by Gasteiger charge is -2.16. The van der Waals surface area contributed by atoms with Gasteiger partial charge < -0.3 is 5.32 Å². The van der Waals surface area contributed by atoms with Crippen LogP contribution in [0.3, 0.4) is 0 Å². The van der Waals surface area contributed by atoms with E-state index in [4.69, 9.17) is 0 Å². The summed E-state index contributed by atoms with van der Waals surface area (Å²) in [6, 6.07) is 0. The SMILES string of the molecule is CC(C)(C)CCNC=O.[HH]. The second-order valence-electron chi connectivity index (χ2n) is 3.38. The van der Waals surface area contributed by atoms with Gasteiger partial charge in [-0.1, -0.05) is 20.8 Å². The summed E-state index contributed by atoms with van der Waals surface area (Å²) >= 11 is 0. The molecule has 2 nitrogen and oxygen atoms in total. The lowest BCUT2D eigenvalue weighted by atomic mass is 9.92. The average molecular weight is 131 g/mol. The molecule has 0 atom stereocenters. The fourth-order valence-electron chi connectivity index (χ4n) is 0.506. The molecule has 1 N–H and O–H groups in total. The molecule has 0 unspecified atom stereocenters. The van der Waals surface area contributed by atoms with Gasteiger partial charge >= 0.3 is 0 Å². The van der Waals surface area contributed by atoms with Crippen molar-refractivity contribution in [2.45, 2.75) is 27.2 Å². The molecule has 0 saturated heterocycles. The van der Waals surface area contributed by atoms with Gasteiger partial charge in [0, 0.05) is 7.97 Å². The molecule has 0 bridgehead atoms. The molecular formula is C7H17NO. The van der Waals surface area contributed by atoms with E-state index in [0.717, 1.165) is 19.4 Å². The van der Waals surface area contributed by atoms with Crippen LogP contribution in [0.2, 0.25) is 0 Å². The molecule has 0 spiro atoms. The molecule has 0 aromatic rings. The summed E-state index contributed by atoms with van der Waals surface area (Å²) in [5.41, 5.74) is 0.329. The van der Waals surface area contributed by atoms with E-state index in [-0.39, 0.29) is 1.43 Å². The average Bonchev–Trinajstić information content (AvgIpc) is 1.63. The van der Waals surface area contributed by atoms with Crippen LogP contribution in [0.1, 0.15) is 28.6 Å². The number of rotatable bonds is 3. The van der Waals surface area contributed by atoms with Crippen molar-refractivity contribution in [1.82, 2.24) is 5.32 Å². The van der Waals surface area contributed by atoms with Gasteiger partial charge in [-0.15, -0.1) is 0 Å². The first-order valence-electron chi connectivity index (χ1n) is 3.23. The van der Waals surface area contributed by atoms with Gasteiger partial charge in [0.2, 0.25) is 6.41 Å². The Bertz CT molecular complexity index is 88.1. The third-order valence-electron chi connectivity index (χ3n) is 1.10. The Morgan fingerprint density at radius 1 is 1.56 bits per heavy atom. The smallest absolute Gasteiger partial charge is 0.207 e. The van der Waals surface area contributed by atoms with Crippen LogP contribution in [0.4, 0.5) is 0 Å². The third-order valence-corrected chi connectivity index (χ3v) is 1.10. The Balaban J connectivity index is 0. The van der Waals surface area contributed by atoms with Gasteiger partial charge in [-0.2, -0.15) is 0 Å². The first-order valence-corrected chi connectivity index (χ1v) is 3.23. The normalized spacial score (nSPS) is 11.0. The lowest BCUT2D eigenvalue weighted by Crippen LogP contribution is -2.18. The monoisotopic (exact) mass is 131 g/mol. The Hall–Kier alpha value is -0.530. The molecule has 0 aromatic heterocycles. The molecule has 0 heterocycles. The van der Waals surface area contributed by atoms with E-state index in [2.05, 4.69) is 26.1 Å². The van der Waals surface area contributed by atoms with Gasteiger partial charge in [0.25, 0.3) is 0 Å². The highest BCUT2D eigenvalue weighted by atomic mass is 16.1. The first kappa shape index (κ1) is 8.47. The summed E-state index contributed by atoms with van der Waals surface area (Å²) < 4.78 is 0. The number of carbonyl (C=O) groups excluding carboxylic acids is 1. The molecular weight excluding hydrogens is 114 g/mol. The van der Waals surface area contributed by atoms with Gasteiger partial charge in [-0.25, -0.2) is 0 Å². The highest BCUT2D eigenvalue weighted by Crippen LogP contribution is 2.16. The van der Waals surface area contributed by atoms with Crippen LogP contribution in [0.15, 0.2) is 0 Å². The van der Waals surface area contributed by atoms with Gasteiger partial charge in [-0.3, -0.25) is 4.79 Å². The predicted octanol–water partition coefficient (Wildman–Crippen LogP) is 1.41. The quantitative estimate of drug-likeness (QED) is 0.455. The second-order valence-corrected chi connectivity index (χ2v) is 3.38.